The highest BCUT2D eigenvalue weighted by Crippen LogP contribution is 2.33. The first kappa shape index (κ1) is 18.4. The first-order valence-corrected chi connectivity index (χ1v) is 10.5. The monoisotopic (exact) mass is 419 g/mol. The Morgan fingerprint density at radius 3 is 2.70 bits per heavy atom. The third kappa shape index (κ3) is 2.85. The molecule has 0 radical (unpaired) electrons. The van der Waals surface area contributed by atoms with Gasteiger partial charge >= 0.3 is 0 Å². The van der Waals surface area contributed by atoms with Crippen molar-refractivity contribution < 1.29 is 8.42 Å². The van der Waals surface area contributed by atoms with Crippen LogP contribution in [-0.4, -0.2) is 51.2 Å². The third-order valence-electron chi connectivity index (χ3n) is 4.82. The van der Waals surface area contributed by atoms with Crippen LogP contribution in [-0.2, 0) is 10.0 Å². The minimum Gasteiger partial charge on any atom is -0.353 e. The summed E-state index contributed by atoms with van der Waals surface area (Å²) < 4.78 is 28.1. The second kappa shape index (κ2) is 6.71. The SMILES string of the molecule is CN(C)S(=O)(=O)c1cccc(Nc2c3cnccc3nc3c2nc2cnccn23)c1. The van der Waals surface area contributed by atoms with Crippen LogP contribution in [0.5, 0.6) is 0 Å². The molecule has 30 heavy (non-hydrogen) atoms. The highest BCUT2D eigenvalue weighted by Gasteiger charge is 2.19. The molecule has 0 amide bonds. The van der Waals surface area contributed by atoms with Gasteiger partial charge in [-0.05, 0) is 24.3 Å². The molecular formula is C20H17N7O2S. The lowest BCUT2D eigenvalue weighted by molar-refractivity contribution is 0.521. The second-order valence-corrected chi connectivity index (χ2v) is 9.06. The molecule has 0 bridgehead atoms. The molecule has 0 aliphatic heterocycles. The van der Waals surface area contributed by atoms with Crippen molar-refractivity contribution in [1.29, 1.82) is 0 Å². The fourth-order valence-electron chi connectivity index (χ4n) is 3.30. The zero-order valence-corrected chi connectivity index (χ0v) is 17.0. The van der Waals surface area contributed by atoms with Gasteiger partial charge < -0.3 is 5.32 Å². The number of nitrogens with one attached hydrogen (secondary N) is 1. The highest BCUT2D eigenvalue weighted by atomic mass is 32.2. The standard InChI is InChI=1S/C20H17N7O2S/c1-26(2)30(28,29)14-5-3-4-13(10-14)23-18-15-11-21-7-6-16(15)24-20-19(18)25-17-12-22-8-9-27(17)20/h3-12H,1-2H3,(H,23,24). The molecule has 5 rings (SSSR count). The van der Waals surface area contributed by atoms with E-state index in [0.29, 0.717) is 28.2 Å². The van der Waals surface area contributed by atoms with Crippen molar-refractivity contribution in [2.45, 2.75) is 4.90 Å². The van der Waals surface area contributed by atoms with Crippen LogP contribution in [0.2, 0.25) is 0 Å². The van der Waals surface area contributed by atoms with Gasteiger partial charge in [0, 0.05) is 50.0 Å². The van der Waals surface area contributed by atoms with Crippen LogP contribution in [0.4, 0.5) is 11.4 Å². The Kier molecular flexibility index (Phi) is 4.12. The summed E-state index contributed by atoms with van der Waals surface area (Å²) in [5.74, 6) is 0. The molecule has 150 valence electrons. The van der Waals surface area contributed by atoms with E-state index in [9.17, 15) is 8.42 Å². The van der Waals surface area contributed by atoms with E-state index in [0.717, 1.165) is 10.9 Å². The van der Waals surface area contributed by atoms with Gasteiger partial charge in [-0.25, -0.2) is 22.7 Å². The summed E-state index contributed by atoms with van der Waals surface area (Å²) >= 11 is 0. The summed E-state index contributed by atoms with van der Waals surface area (Å²) in [5.41, 5.74) is 4.04. The number of aromatic nitrogens is 5. The molecule has 9 nitrogen and oxygen atoms in total. The van der Waals surface area contributed by atoms with E-state index in [1.54, 1.807) is 55.2 Å². The third-order valence-corrected chi connectivity index (χ3v) is 6.63. The topological polar surface area (TPSA) is 105 Å². The van der Waals surface area contributed by atoms with E-state index >= 15 is 0 Å². The van der Waals surface area contributed by atoms with Crippen LogP contribution in [0.25, 0.3) is 27.7 Å². The zero-order valence-electron chi connectivity index (χ0n) is 16.2. The average molecular weight is 419 g/mol. The maximum atomic E-state index is 12.5. The quantitative estimate of drug-likeness (QED) is 0.477. The minimum atomic E-state index is -3.56. The molecule has 0 saturated carbocycles. The van der Waals surface area contributed by atoms with E-state index in [2.05, 4.69) is 20.3 Å². The molecule has 0 aliphatic rings. The number of sulfonamides is 1. The van der Waals surface area contributed by atoms with E-state index in [1.165, 1.54) is 18.4 Å². The largest absolute Gasteiger partial charge is 0.353 e. The number of fused-ring (bicyclic) bond motifs is 4. The fraction of sp³-hybridized carbons (Fsp3) is 0.100. The van der Waals surface area contributed by atoms with Gasteiger partial charge in [0.15, 0.2) is 11.3 Å². The van der Waals surface area contributed by atoms with Crippen LogP contribution >= 0.6 is 0 Å². The lowest BCUT2D eigenvalue weighted by Gasteiger charge is -2.14. The number of pyridine rings is 2. The summed E-state index contributed by atoms with van der Waals surface area (Å²) in [4.78, 5) is 18.0. The molecule has 0 aliphatic carbocycles. The molecule has 0 atom stereocenters. The van der Waals surface area contributed by atoms with Gasteiger partial charge in [0.25, 0.3) is 0 Å². The molecular weight excluding hydrogens is 402 g/mol. The molecule has 10 heteroatoms. The predicted octanol–water partition coefficient (Wildman–Crippen LogP) is 2.82. The molecule has 4 heterocycles. The summed E-state index contributed by atoms with van der Waals surface area (Å²) in [7, 11) is -0.545. The van der Waals surface area contributed by atoms with Gasteiger partial charge in [0.1, 0.15) is 5.52 Å². The van der Waals surface area contributed by atoms with Crippen molar-refractivity contribution in [3.05, 3.63) is 61.3 Å². The van der Waals surface area contributed by atoms with Crippen molar-refractivity contribution in [2.24, 2.45) is 0 Å². The van der Waals surface area contributed by atoms with E-state index < -0.39 is 10.0 Å². The Bertz CT molecular complexity index is 1530. The molecule has 0 unspecified atom stereocenters. The Hall–Kier alpha value is -3.63. The van der Waals surface area contributed by atoms with Gasteiger partial charge in [-0.3, -0.25) is 14.4 Å². The Balaban J connectivity index is 1.74. The predicted molar refractivity (Wildman–Crippen MR) is 114 cm³/mol. The Morgan fingerprint density at radius 1 is 1.03 bits per heavy atom. The molecule has 4 aromatic heterocycles. The number of nitrogens with zero attached hydrogens (tertiary/aromatic N) is 6. The molecule has 1 N–H and O–H groups in total. The molecule has 0 spiro atoms. The van der Waals surface area contributed by atoms with Crippen LogP contribution in [0.1, 0.15) is 0 Å². The smallest absolute Gasteiger partial charge is 0.242 e. The van der Waals surface area contributed by atoms with Gasteiger partial charge in [-0.15, -0.1) is 0 Å². The highest BCUT2D eigenvalue weighted by molar-refractivity contribution is 7.89. The van der Waals surface area contributed by atoms with Crippen molar-refractivity contribution in [3.8, 4) is 0 Å². The number of benzene rings is 1. The summed E-state index contributed by atoms with van der Waals surface area (Å²) in [6, 6.07) is 8.50. The molecule has 0 fully saturated rings. The fourth-order valence-corrected chi connectivity index (χ4v) is 4.25. The zero-order chi connectivity index (χ0) is 20.9. The summed E-state index contributed by atoms with van der Waals surface area (Å²) in [6.07, 6.45) is 8.54. The van der Waals surface area contributed by atoms with Crippen molar-refractivity contribution >= 4 is 49.1 Å². The van der Waals surface area contributed by atoms with Gasteiger partial charge in [0.2, 0.25) is 10.0 Å². The van der Waals surface area contributed by atoms with Crippen LogP contribution in [0.3, 0.4) is 0 Å². The lowest BCUT2D eigenvalue weighted by atomic mass is 10.2. The van der Waals surface area contributed by atoms with E-state index in [1.807, 2.05) is 10.5 Å². The van der Waals surface area contributed by atoms with Crippen LogP contribution < -0.4 is 5.32 Å². The number of hydrogen-bond donors (Lipinski definition) is 1. The second-order valence-electron chi connectivity index (χ2n) is 6.91. The summed E-state index contributed by atoms with van der Waals surface area (Å²) in [6.45, 7) is 0. The lowest BCUT2D eigenvalue weighted by Crippen LogP contribution is -2.22. The van der Waals surface area contributed by atoms with E-state index in [-0.39, 0.29) is 4.90 Å². The van der Waals surface area contributed by atoms with Crippen LogP contribution in [0.15, 0.2) is 66.2 Å². The average Bonchev–Trinajstić information content (AvgIpc) is 3.12. The van der Waals surface area contributed by atoms with Crippen molar-refractivity contribution in [2.75, 3.05) is 19.4 Å². The molecule has 1 aromatic carbocycles. The molecule has 0 saturated heterocycles. The number of hydrogen-bond acceptors (Lipinski definition) is 7. The Labute approximate surface area is 172 Å². The number of anilines is 2. The van der Waals surface area contributed by atoms with Crippen molar-refractivity contribution in [1.82, 2.24) is 28.6 Å². The minimum absolute atomic E-state index is 0.199. The summed E-state index contributed by atoms with van der Waals surface area (Å²) in [5, 5.41) is 4.12. The maximum Gasteiger partial charge on any atom is 0.242 e. The Morgan fingerprint density at radius 2 is 1.87 bits per heavy atom. The number of imidazole rings is 1. The van der Waals surface area contributed by atoms with Crippen molar-refractivity contribution in [3.63, 3.8) is 0 Å². The van der Waals surface area contributed by atoms with Gasteiger partial charge in [-0.1, -0.05) is 6.07 Å². The van der Waals surface area contributed by atoms with E-state index in [4.69, 9.17) is 4.98 Å². The van der Waals surface area contributed by atoms with Gasteiger partial charge in [0.05, 0.1) is 22.3 Å². The van der Waals surface area contributed by atoms with Crippen LogP contribution in [0, 0.1) is 0 Å². The maximum absolute atomic E-state index is 12.5. The van der Waals surface area contributed by atoms with Gasteiger partial charge in [-0.2, -0.15) is 0 Å². The molecule has 5 aromatic rings. The normalized spacial score (nSPS) is 12.2. The first-order valence-electron chi connectivity index (χ1n) is 9.10. The number of rotatable bonds is 4. The first-order chi connectivity index (χ1) is 14.4.